The fraction of sp³-hybridized carbons (Fsp3) is 0.318. The molecule has 0 amide bonds. The fourth-order valence-corrected chi connectivity index (χ4v) is 4.30. The van der Waals surface area contributed by atoms with Crippen molar-refractivity contribution in [3.63, 3.8) is 0 Å². The van der Waals surface area contributed by atoms with Crippen molar-refractivity contribution >= 4 is 22.6 Å². The second-order valence-electron chi connectivity index (χ2n) is 8.26. The first-order valence-electron chi connectivity index (χ1n) is 10.6. The lowest BCUT2D eigenvalue weighted by Gasteiger charge is -2.34. The first kappa shape index (κ1) is 22.9. The highest BCUT2D eigenvalue weighted by Crippen LogP contribution is 2.46. The summed E-state index contributed by atoms with van der Waals surface area (Å²) >= 11 is 5.88. The highest BCUT2D eigenvalue weighted by atomic mass is 35.5. The van der Waals surface area contributed by atoms with Crippen molar-refractivity contribution in [1.29, 1.82) is 5.26 Å². The molecule has 4 aromatic rings. The minimum atomic E-state index is -4.56. The third-order valence-corrected chi connectivity index (χ3v) is 6.40. The maximum atomic E-state index is 13.0. The SMILES string of the molecule is CC(c1ccc(C(F)(F)F)nc1)n1nc(C#N)c2c(=O)[nH]c([C@H]3CC[C@@H]3c3ncc(Cl)cn3)nc21. The average Bonchev–Trinajstić information content (AvgIpc) is 3.18. The summed E-state index contributed by atoms with van der Waals surface area (Å²) < 4.78 is 40.1. The second-order valence-corrected chi connectivity index (χ2v) is 8.69. The van der Waals surface area contributed by atoms with Crippen molar-refractivity contribution in [2.24, 2.45) is 0 Å². The van der Waals surface area contributed by atoms with E-state index in [-0.39, 0.29) is 28.6 Å². The Morgan fingerprint density at radius 3 is 2.46 bits per heavy atom. The topological polar surface area (TPSA) is 126 Å². The number of H-pyrrole nitrogens is 1. The Hall–Kier alpha value is -3.85. The zero-order chi connectivity index (χ0) is 24.9. The number of nitrogens with zero attached hydrogens (tertiary/aromatic N) is 7. The summed E-state index contributed by atoms with van der Waals surface area (Å²) in [6.45, 7) is 1.67. The highest BCUT2D eigenvalue weighted by molar-refractivity contribution is 6.30. The maximum absolute atomic E-state index is 13.0. The van der Waals surface area contributed by atoms with Gasteiger partial charge in [-0.25, -0.2) is 19.6 Å². The summed E-state index contributed by atoms with van der Waals surface area (Å²) in [4.78, 5) is 32.4. The maximum Gasteiger partial charge on any atom is 0.433 e. The number of fused-ring (bicyclic) bond motifs is 1. The van der Waals surface area contributed by atoms with Gasteiger partial charge in [0, 0.05) is 30.4 Å². The molecule has 178 valence electrons. The van der Waals surface area contributed by atoms with E-state index in [1.165, 1.54) is 23.1 Å². The number of nitriles is 1. The van der Waals surface area contributed by atoms with Crippen molar-refractivity contribution < 1.29 is 13.2 Å². The number of nitrogens with one attached hydrogen (secondary N) is 1. The minimum Gasteiger partial charge on any atom is -0.310 e. The monoisotopic (exact) mass is 500 g/mol. The molecule has 5 rings (SSSR count). The van der Waals surface area contributed by atoms with Gasteiger partial charge < -0.3 is 4.98 Å². The molecule has 1 fully saturated rings. The van der Waals surface area contributed by atoms with Crippen LogP contribution in [0.1, 0.15) is 66.2 Å². The Kier molecular flexibility index (Phi) is 5.52. The van der Waals surface area contributed by atoms with E-state index in [4.69, 9.17) is 11.6 Å². The molecule has 4 aromatic heterocycles. The van der Waals surface area contributed by atoms with E-state index in [9.17, 15) is 23.2 Å². The van der Waals surface area contributed by atoms with Gasteiger partial charge in [-0.2, -0.15) is 23.5 Å². The highest BCUT2D eigenvalue weighted by Gasteiger charge is 2.38. The predicted molar refractivity (Wildman–Crippen MR) is 118 cm³/mol. The Morgan fingerprint density at radius 1 is 1.17 bits per heavy atom. The first-order chi connectivity index (χ1) is 16.7. The molecule has 1 aliphatic carbocycles. The van der Waals surface area contributed by atoms with E-state index in [1.54, 1.807) is 6.92 Å². The zero-order valence-electron chi connectivity index (χ0n) is 18.1. The molecule has 0 saturated heterocycles. The van der Waals surface area contributed by atoms with Crippen LogP contribution in [0.3, 0.4) is 0 Å². The molecule has 1 saturated carbocycles. The summed E-state index contributed by atoms with van der Waals surface area (Å²) in [5.74, 6) is 0.755. The van der Waals surface area contributed by atoms with Crippen molar-refractivity contribution in [2.75, 3.05) is 0 Å². The van der Waals surface area contributed by atoms with Crippen molar-refractivity contribution in [2.45, 2.75) is 43.8 Å². The lowest BCUT2D eigenvalue weighted by molar-refractivity contribution is -0.141. The van der Waals surface area contributed by atoms with Gasteiger partial charge in [-0.1, -0.05) is 17.7 Å². The van der Waals surface area contributed by atoms with Gasteiger partial charge in [0.25, 0.3) is 5.56 Å². The zero-order valence-corrected chi connectivity index (χ0v) is 18.8. The minimum absolute atomic E-state index is 0.0154. The number of pyridine rings is 1. The Morgan fingerprint density at radius 2 is 1.89 bits per heavy atom. The average molecular weight is 501 g/mol. The molecule has 0 bridgehead atoms. The number of halogens is 4. The molecular formula is C22H16ClF3N8O. The Labute approximate surface area is 200 Å². The van der Waals surface area contributed by atoms with E-state index in [2.05, 4.69) is 30.0 Å². The van der Waals surface area contributed by atoms with Crippen LogP contribution in [0.15, 0.2) is 35.5 Å². The largest absolute Gasteiger partial charge is 0.433 e. The molecule has 13 heteroatoms. The number of aromatic nitrogens is 7. The van der Waals surface area contributed by atoms with E-state index in [0.29, 0.717) is 22.2 Å². The van der Waals surface area contributed by atoms with E-state index >= 15 is 0 Å². The summed E-state index contributed by atoms with van der Waals surface area (Å²) in [7, 11) is 0. The van der Waals surface area contributed by atoms with Gasteiger partial charge in [-0.15, -0.1) is 0 Å². The third kappa shape index (κ3) is 4.01. The van der Waals surface area contributed by atoms with E-state index in [0.717, 1.165) is 25.1 Å². The molecule has 0 aliphatic heterocycles. The van der Waals surface area contributed by atoms with Gasteiger partial charge >= 0.3 is 6.18 Å². The first-order valence-corrected chi connectivity index (χ1v) is 11.0. The lowest BCUT2D eigenvalue weighted by Crippen LogP contribution is -2.28. The van der Waals surface area contributed by atoms with Gasteiger partial charge in [0.1, 0.15) is 28.8 Å². The number of hydrogen-bond acceptors (Lipinski definition) is 7. The van der Waals surface area contributed by atoms with Crippen LogP contribution in [-0.4, -0.2) is 34.7 Å². The molecule has 0 radical (unpaired) electrons. The third-order valence-electron chi connectivity index (χ3n) is 6.21. The van der Waals surface area contributed by atoms with E-state index in [1.807, 2.05) is 6.07 Å². The van der Waals surface area contributed by atoms with Gasteiger partial charge in [0.2, 0.25) is 0 Å². The van der Waals surface area contributed by atoms with Crippen LogP contribution in [0.2, 0.25) is 5.02 Å². The molecule has 1 aliphatic rings. The van der Waals surface area contributed by atoms with Gasteiger partial charge in [-0.3, -0.25) is 9.78 Å². The van der Waals surface area contributed by atoms with Crippen molar-refractivity contribution in [3.8, 4) is 6.07 Å². The molecule has 35 heavy (non-hydrogen) atoms. The van der Waals surface area contributed by atoms with Crippen LogP contribution in [0, 0.1) is 11.3 Å². The molecule has 1 unspecified atom stereocenters. The molecule has 0 spiro atoms. The second kappa shape index (κ2) is 8.42. The molecule has 0 aromatic carbocycles. The molecule has 1 N–H and O–H groups in total. The Bertz CT molecular complexity index is 1510. The summed E-state index contributed by atoms with van der Waals surface area (Å²) in [5, 5.41) is 14.2. The summed E-state index contributed by atoms with van der Waals surface area (Å²) in [5.41, 5.74) is -1.10. The lowest BCUT2D eigenvalue weighted by atomic mass is 9.72. The normalized spacial score (nSPS) is 18.7. The van der Waals surface area contributed by atoms with Crippen LogP contribution in [0.4, 0.5) is 13.2 Å². The van der Waals surface area contributed by atoms with Gasteiger partial charge in [0.05, 0.1) is 11.1 Å². The number of hydrogen-bond donors (Lipinski definition) is 1. The van der Waals surface area contributed by atoms with Crippen LogP contribution in [0.5, 0.6) is 0 Å². The van der Waals surface area contributed by atoms with E-state index < -0.39 is 23.5 Å². The summed E-state index contributed by atoms with van der Waals surface area (Å²) in [6, 6.07) is 3.41. The van der Waals surface area contributed by atoms with Crippen LogP contribution >= 0.6 is 11.6 Å². The quantitative estimate of drug-likeness (QED) is 0.446. The van der Waals surface area contributed by atoms with Crippen LogP contribution in [-0.2, 0) is 6.18 Å². The fourth-order valence-electron chi connectivity index (χ4n) is 4.20. The molecule has 9 nitrogen and oxygen atoms in total. The number of alkyl halides is 3. The number of rotatable bonds is 4. The van der Waals surface area contributed by atoms with Gasteiger partial charge in [-0.05, 0) is 31.4 Å². The number of aromatic amines is 1. The molecular weight excluding hydrogens is 485 g/mol. The summed E-state index contributed by atoms with van der Waals surface area (Å²) in [6.07, 6.45) is 1.08. The smallest absolute Gasteiger partial charge is 0.310 e. The van der Waals surface area contributed by atoms with Gasteiger partial charge in [0.15, 0.2) is 11.3 Å². The van der Waals surface area contributed by atoms with Crippen molar-refractivity contribution in [3.05, 3.63) is 74.7 Å². The van der Waals surface area contributed by atoms with Crippen LogP contribution in [0.25, 0.3) is 11.0 Å². The standard InChI is InChI=1S/C22H16ClF3N8O/c1-10(11-2-5-16(28-7-11)22(24,25)26)34-20-17(15(6-27)33-34)21(35)32-19(31-20)14-4-3-13(14)18-29-8-12(23)9-30-18/h2,5,7-10,13-14H,3-4H2,1H3,(H,31,32,35)/t10?,13-,14-/m0/s1. The molecule has 3 atom stereocenters. The predicted octanol–water partition coefficient (Wildman–Crippen LogP) is 4.12. The Balaban J connectivity index is 1.56. The van der Waals surface area contributed by atoms with Crippen molar-refractivity contribution in [1.82, 2.24) is 34.7 Å². The molecule has 4 heterocycles. The van der Waals surface area contributed by atoms with Crippen LogP contribution < -0.4 is 5.56 Å².